The number of primary sulfonamides is 1. The minimum atomic E-state index is -3.75. The topological polar surface area (TPSA) is 89.3 Å². The van der Waals surface area contributed by atoms with Crippen molar-refractivity contribution in [3.8, 4) is 5.75 Å². The smallest absolute Gasteiger partial charge is 0.238 e. The first kappa shape index (κ1) is 11.0. The number of hydrogen-bond acceptors (Lipinski definition) is 3. The highest BCUT2D eigenvalue weighted by Crippen LogP contribution is 2.21. The fraction of sp³-hybridized carbons (Fsp3) is 0.250. The Morgan fingerprint density at radius 3 is 2.50 bits per heavy atom. The summed E-state index contributed by atoms with van der Waals surface area (Å²) in [5, 5.41) is 15.6. The Balaban J connectivity index is 3.28. The number of methoxy groups -OCH3 is 1. The summed E-state index contributed by atoms with van der Waals surface area (Å²) in [4.78, 5) is -0.0795. The van der Waals surface area contributed by atoms with Crippen LogP contribution >= 0.6 is 0 Å². The average Bonchev–Trinajstić information content (AvgIpc) is 2.15. The Morgan fingerprint density at radius 1 is 1.43 bits per heavy atom. The van der Waals surface area contributed by atoms with Crippen LogP contribution in [-0.4, -0.2) is 15.5 Å². The van der Waals surface area contributed by atoms with E-state index in [1.165, 1.54) is 25.3 Å². The van der Waals surface area contributed by atoms with Crippen LogP contribution in [0.15, 0.2) is 23.1 Å². The highest BCUT2D eigenvalue weighted by atomic mass is 32.2. The van der Waals surface area contributed by atoms with Gasteiger partial charge < -0.3 is 4.74 Å². The first-order valence-electron chi connectivity index (χ1n) is 3.77. The van der Waals surface area contributed by atoms with Gasteiger partial charge >= 0.3 is 0 Å². The molecule has 0 amide bonds. The van der Waals surface area contributed by atoms with Gasteiger partial charge in [0.15, 0.2) is 0 Å². The lowest BCUT2D eigenvalue weighted by Crippen LogP contribution is -2.12. The molecule has 0 aromatic heterocycles. The Labute approximate surface area is 82.2 Å². The van der Waals surface area contributed by atoms with Crippen LogP contribution in [0.3, 0.4) is 0 Å². The van der Waals surface area contributed by atoms with Gasteiger partial charge in [-0.3, -0.25) is 0 Å². The summed E-state index contributed by atoms with van der Waals surface area (Å²) in [7, 11) is -2.35. The first-order chi connectivity index (χ1) is 6.49. The van der Waals surface area contributed by atoms with Crippen molar-refractivity contribution in [3.63, 3.8) is 0 Å². The zero-order valence-electron chi connectivity index (χ0n) is 7.56. The van der Waals surface area contributed by atoms with E-state index in [1.54, 1.807) is 0 Å². The van der Waals surface area contributed by atoms with Gasteiger partial charge in [0, 0.05) is 5.56 Å². The van der Waals surface area contributed by atoms with Gasteiger partial charge in [-0.05, 0) is 18.2 Å². The third-order valence-corrected chi connectivity index (χ3v) is 2.65. The minimum Gasteiger partial charge on any atom is -0.496 e. The molecule has 77 valence electrons. The Hall–Kier alpha value is -1.11. The molecule has 6 heteroatoms. The molecule has 0 bridgehead atoms. The molecular weight excluding hydrogens is 206 g/mol. The maximum absolute atomic E-state index is 10.9. The molecule has 0 aliphatic carbocycles. The Bertz CT molecular complexity index is 427. The normalized spacial score (nSPS) is 11.4. The lowest BCUT2D eigenvalue weighted by atomic mass is 10.2. The van der Waals surface area contributed by atoms with Crippen molar-refractivity contribution < 1.29 is 18.3 Å². The molecule has 0 atom stereocenters. The van der Waals surface area contributed by atoms with Gasteiger partial charge in [0.2, 0.25) is 10.0 Å². The standard InChI is InChI=1S/C8H10NO4S/c1-13-8-3-2-7(14(9,11)12)4-6(8)5-10/h2-4H,5H2,1H3,(H2,9,11,12). The monoisotopic (exact) mass is 216 g/mol. The molecule has 1 aromatic rings. The Kier molecular flexibility index (Phi) is 3.10. The fourth-order valence-electron chi connectivity index (χ4n) is 1.04. The molecular formula is C8H10NO4S. The molecule has 0 heterocycles. The van der Waals surface area contributed by atoms with E-state index >= 15 is 0 Å². The molecule has 0 saturated heterocycles. The van der Waals surface area contributed by atoms with E-state index < -0.39 is 16.6 Å². The molecule has 0 spiro atoms. The maximum atomic E-state index is 10.9. The summed E-state index contributed by atoms with van der Waals surface area (Å²) in [6.07, 6.45) is 0. The van der Waals surface area contributed by atoms with Crippen molar-refractivity contribution in [3.05, 3.63) is 23.8 Å². The molecule has 1 rings (SSSR count). The van der Waals surface area contributed by atoms with Gasteiger partial charge in [-0.2, -0.15) is 0 Å². The van der Waals surface area contributed by atoms with Crippen molar-refractivity contribution in [2.24, 2.45) is 5.14 Å². The predicted molar refractivity (Wildman–Crippen MR) is 48.8 cm³/mol. The van der Waals surface area contributed by atoms with Crippen molar-refractivity contribution in [2.75, 3.05) is 7.11 Å². The molecule has 0 aliphatic heterocycles. The summed E-state index contributed by atoms with van der Waals surface area (Å²) in [6, 6.07) is 3.93. The fourth-order valence-corrected chi connectivity index (χ4v) is 1.61. The molecule has 0 saturated carbocycles. The molecule has 1 aromatic carbocycles. The summed E-state index contributed by atoms with van der Waals surface area (Å²) < 4.78 is 26.7. The second-order valence-corrected chi connectivity index (χ2v) is 4.22. The van der Waals surface area contributed by atoms with Crippen LogP contribution in [0.4, 0.5) is 0 Å². The number of benzene rings is 1. The van der Waals surface area contributed by atoms with Gasteiger partial charge in [-0.1, -0.05) is 0 Å². The van der Waals surface area contributed by atoms with Gasteiger partial charge in [-0.25, -0.2) is 18.7 Å². The average molecular weight is 216 g/mol. The molecule has 2 N–H and O–H groups in total. The van der Waals surface area contributed by atoms with E-state index in [0.29, 0.717) is 5.75 Å². The van der Waals surface area contributed by atoms with Crippen molar-refractivity contribution in [1.82, 2.24) is 0 Å². The van der Waals surface area contributed by atoms with Crippen LogP contribution in [0.5, 0.6) is 5.75 Å². The van der Waals surface area contributed by atoms with Crippen LogP contribution in [0, 0.1) is 0 Å². The second kappa shape index (κ2) is 3.95. The van der Waals surface area contributed by atoms with E-state index in [2.05, 4.69) is 0 Å². The lowest BCUT2D eigenvalue weighted by molar-refractivity contribution is 0.174. The number of rotatable bonds is 3. The molecule has 14 heavy (non-hydrogen) atoms. The highest BCUT2D eigenvalue weighted by Gasteiger charge is 2.11. The summed E-state index contributed by atoms with van der Waals surface area (Å²) in [5.74, 6) is 0.368. The highest BCUT2D eigenvalue weighted by molar-refractivity contribution is 7.89. The van der Waals surface area contributed by atoms with Gasteiger partial charge in [0.05, 0.1) is 12.0 Å². The third kappa shape index (κ3) is 2.22. The van der Waals surface area contributed by atoms with Crippen LogP contribution in [-0.2, 0) is 21.7 Å². The number of sulfonamides is 1. The van der Waals surface area contributed by atoms with Crippen molar-refractivity contribution in [2.45, 2.75) is 11.5 Å². The van der Waals surface area contributed by atoms with Crippen LogP contribution in [0.1, 0.15) is 5.56 Å². The zero-order valence-corrected chi connectivity index (χ0v) is 8.37. The van der Waals surface area contributed by atoms with Crippen LogP contribution in [0.2, 0.25) is 0 Å². The van der Waals surface area contributed by atoms with E-state index in [1.807, 2.05) is 0 Å². The summed E-state index contributed by atoms with van der Waals surface area (Å²) in [5.41, 5.74) is 0.277. The van der Waals surface area contributed by atoms with Crippen molar-refractivity contribution >= 4 is 10.0 Å². The van der Waals surface area contributed by atoms with E-state index in [0.717, 1.165) is 0 Å². The summed E-state index contributed by atoms with van der Waals surface area (Å²) in [6.45, 7) is -0.549. The molecule has 0 unspecified atom stereocenters. The van der Waals surface area contributed by atoms with Gasteiger partial charge in [-0.15, -0.1) is 0 Å². The molecule has 0 aliphatic rings. The van der Waals surface area contributed by atoms with E-state index in [-0.39, 0.29) is 10.5 Å². The SMILES string of the molecule is COc1ccc(S(N)(=O)=O)cc1C[O]. The minimum absolute atomic E-state index is 0.0795. The van der Waals surface area contributed by atoms with Crippen LogP contribution < -0.4 is 9.88 Å². The quantitative estimate of drug-likeness (QED) is 0.786. The number of ether oxygens (including phenoxy) is 1. The molecule has 5 nitrogen and oxygen atoms in total. The lowest BCUT2D eigenvalue weighted by Gasteiger charge is -2.06. The molecule has 0 fully saturated rings. The predicted octanol–water partition coefficient (Wildman–Crippen LogP) is 0.273. The zero-order chi connectivity index (χ0) is 10.8. The number of nitrogens with two attached hydrogens (primary N) is 1. The molecule has 1 radical (unpaired) electrons. The maximum Gasteiger partial charge on any atom is 0.238 e. The van der Waals surface area contributed by atoms with Crippen molar-refractivity contribution in [1.29, 1.82) is 0 Å². The number of hydrogen-bond donors (Lipinski definition) is 1. The van der Waals surface area contributed by atoms with Crippen LogP contribution in [0.25, 0.3) is 0 Å². The van der Waals surface area contributed by atoms with Gasteiger partial charge in [0.1, 0.15) is 12.4 Å². The first-order valence-corrected chi connectivity index (χ1v) is 5.31. The van der Waals surface area contributed by atoms with Gasteiger partial charge in [0.25, 0.3) is 0 Å². The Morgan fingerprint density at radius 2 is 2.07 bits per heavy atom. The summed E-state index contributed by atoms with van der Waals surface area (Å²) >= 11 is 0. The second-order valence-electron chi connectivity index (χ2n) is 2.66. The van der Waals surface area contributed by atoms with E-state index in [9.17, 15) is 13.5 Å². The largest absolute Gasteiger partial charge is 0.496 e. The third-order valence-electron chi connectivity index (χ3n) is 1.74. The van der Waals surface area contributed by atoms with E-state index in [4.69, 9.17) is 9.88 Å².